The number of nitrogens with one attached hydrogen (secondary N) is 1. The van der Waals surface area contributed by atoms with Gasteiger partial charge in [-0.3, -0.25) is 0 Å². The van der Waals surface area contributed by atoms with Crippen LogP contribution in [0.3, 0.4) is 0 Å². The third-order valence-electron chi connectivity index (χ3n) is 1.92. The zero-order valence-corrected chi connectivity index (χ0v) is 9.68. The lowest BCUT2D eigenvalue weighted by atomic mass is 10.3. The van der Waals surface area contributed by atoms with Gasteiger partial charge in [0.1, 0.15) is 16.5 Å². The summed E-state index contributed by atoms with van der Waals surface area (Å²) in [7, 11) is -4.16. The van der Waals surface area contributed by atoms with Crippen LogP contribution in [0.4, 0.5) is 14.5 Å². The molecule has 0 bridgehead atoms. The third kappa shape index (κ3) is 2.93. The summed E-state index contributed by atoms with van der Waals surface area (Å²) in [4.78, 5) is -0.738. The second-order valence-electron chi connectivity index (χ2n) is 3.31. The number of anilines is 1. The van der Waals surface area contributed by atoms with Crippen molar-refractivity contribution >= 4 is 15.7 Å². The van der Waals surface area contributed by atoms with E-state index in [1.54, 1.807) is 0 Å². The number of hydrogen-bond donors (Lipinski definition) is 2. The van der Waals surface area contributed by atoms with Crippen LogP contribution in [0.25, 0.3) is 0 Å². The van der Waals surface area contributed by atoms with E-state index in [4.69, 9.17) is 12.2 Å². The smallest absolute Gasteiger partial charge is 0.244 e. The molecule has 7 heteroatoms. The monoisotopic (exact) mass is 260 g/mol. The zero-order chi connectivity index (χ0) is 13.2. The van der Waals surface area contributed by atoms with E-state index in [-0.39, 0.29) is 0 Å². The molecule has 1 rings (SSSR count). The molecule has 92 valence electrons. The summed E-state index contributed by atoms with van der Waals surface area (Å²) in [5.74, 6) is -0.132. The Labute approximate surface area is 97.9 Å². The Bertz CT molecular complexity index is 579. The molecule has 0 spiro atoms. The molecule has 3 N–H and O–H groups in total. The fourth-order valence-corrected chi connectivity index (χ4v) is 2.34. The van der Waals surface area contributed by atoms with Gasteiger partial charge >= 0.3 is 0 Å². The number of halogens is 2. The highest BCUT2D eigenvalue weighted by atomic mass is 32.2. The Morgan fingerprint density at radius 2 is 2.00 bits per heavy atom. The molecule has 0 radical (unpaired) electrons. The molecule has 1 atom stereocenters. The Kier molecular flexibility index (Phi) is 3.70. The molecular weight excluding hydrogens is 250 g/mol. The van der Waals surface area contributed by atoms with Crippen LogP contribution in [0.5, 0.6) is 0 Å². The van der Waals surface area contributed by atoms with E-state index >= 15 is 0 Å². The molecule has 0 aromatic heterocycles. The minimum atomic E-state index is -4.16. The fraction of sp³-hybridized carbons (Fsp3) is 0.200. The second-order valence-corrected chi connectivity index (χ2v) is 5.00. The Morgan fingerprint density at radius 1 is 1.41 bits per heavy atom. The molecule has 0 aliphatic carbocycles. The van der Waals surface area contributed by atoms with Crippen LogP contribution >= 0.6 is 0 Å². The van der Waals surface area contributed by atoms with Crippen molar-refractivity contribution in [1.82, 2.24) is 4.72 Å². The normalized spacial score (nSPS) is 13.1. The summed E-state index contributed by atoms with van der Waals surface area (Å²) < 4.78 is 51.5. The van der Waals surface area contributed by atoms with Crippen molar-refractivity contribution in [3.63, 3.8) is 0 Å². The van der Waals surface area contributed by atoms with Crippen molar-refractivity contribution in [2.24, 2.45) is 0 Å². The van der Waals surface area contributed by atoms with Gasteiger partial charge in [0.25, 0.3) is 0 Å². The molecule has 0 aliphatic heterocycles. The zero-order valence-electron chi connectivity index (χ0n) is 8.87. The lowest BCUT2D eigenvalue weighted by Crippen LogP contribution is -2.32. The summed E-state index contributed by atoms with van der Waals surface area (Å²) in [6, 6.07) is 0.298. The van der Waals surface area contributed by atoms with E-state index in [9.17, 15) is 17.2 Å². The maximum Gasteiger partial charge on any atom is 0.244 e. The number of rotatable bonds is 3. The first-order valence-corrected chi connectivity index (χ1v) is 5.99. The van der Waals surface area contributed by atoms with Gasteiger partial charge in [0, 0.05) is 6.07 Å². The molecule has 0 heterocycles. The number of hydrogen-bond acceptors (Lipinski definition) is 3. The highest BCUT2D eigenvalue weighted by molar-refractivity contribution is 7.89. The first-order chi connectivity index (χ1) is 7.77. The summed E-state index contributed by atoms with van der Waals surface area (Å²) in [5.41, 5.74) is 4.72. The van der Waals surface area contributed by atoms with Gasteiger partial charge in [0.2, 0.25) is 10.0 Å². The van der Waals surface area contributed by atoms with Crippen LogP contribution in [-0.4, -0.2) is 14.5 Å². The van der Waals surface area contributed by atoms with E-state index in [0.717, 1.165) is 0 Å². The Balaban J connectivity index is 3.26. The summed E-state index contributed by atoms with van der Waals surface area (Å²) >= 11 is 0. The highest BCUT2D eigenvalue weighted by Gasteiger charge is 2.22. The number of benzene rings is 1. The minimum Gasteiger partial charge on any atom is -0.396 e. The SMILES string of the molecule is C#CC(C)NS(=O)(=O)c1cc(N)c(F)cc1F. The van der Waals surface area contributed by atoms with E-state index in [0.29, 0.717) is 12.1 Å². The number of sulfonamides is 1. The molecule has 1 aromatic carbocycles. The maximum atomic E-state index is 13.3. The molecule has 0 fully saturated rings. The van der Waals surface area contributed by atoms with Crippen LogP contribution < -0.4 is 10.5 Å². The topological polar surface area (TPSA) is 72.2 Å². The minimum absolute atomic E-state index is 0.407. The van der Waals surface area contributed by atoms with E-state index in [1.165, 1.54) is 6.92 Å². The van der Waals surface area contributed by atoms with Gasteiger partial charge in [-0.25, -0.2) is 17.2 Å². The van der Waals surface area contributed by atoms with Gasteiger partial charge in [0.05, 0.1) is 11.7 Å². The lowest BCUT2D eigenvalue weighted by Gasteiger charge is -2.10. The average molecular weight is 260 g/mol. The first-order valence-electron chi connectivity index (χ1n) is 4.51. The molecular formula is C10H10F2N2O2S. The fourth-order valence-electron chi connectivity index (χ4n) is 1.08. The average Bonchev–Trinajstić information content (AvgIpc) is 2.22. The molecule has 0 aliphatic rings. The van der Waals surface area contributed by atoms with E-state index in [2.05, 4.69) is 5.92 Å². The summed E-state index contributed by atoms with van der Waals surface area (Å²) in [6.45, 7) is 1.41. The third-order valence-corrected chi connectivity index (χ3v) is 3.48. The van der Waals surface area contributed by atoms with Crippen molar-refractivity contribution in [2.45, 2.75) is 17.9 Å². The molecule has 1 unspecified atom stereocenters. The molecule has 1 aromatic rings. The number of nitrogens with two attached hydrogens (primary N) is 1. The Morgan fingerprint density at radius 3 is 2.53 bits per heavy atom. The first kappa shape index (κ1) is 13.4. The van der Waals surface area contributed by atoms with Crippen molar-refractivity contribution in [3.05, 3.63) is 23.8 Å². The van der Waals surface area contributed by atoms with Crippen molar-refractivity contribution in [3.8, 4) is 12.3 Å². The van der Waals surface area contributed by atoms with Gasteiger partial charge in [-0.2, -0.15) is 4.72 Å². The van der Waals surface area contributed by atoms with Gasteiger partial charge in [0.15, 0.2) is 0 Å². The lowest BCUT2D eigenvalue weighted by molar-refractivity contribution is 0.543. The van der Waals surface area contributed by atoms with Crippen LogP contribution in [0, 0.1) is 24.0 Å². The Hall–Kier alpha value is -1.65. The van der Waals surface area contributed by atoms with Crippen molar-refractivity contribution < 1.29 is 17.2 Å². The summed E-state index contributed by atoms with van der Waals surface area (Å²) in [5, 5.41) is 0. The number of nitrogen functional groups attached to an aromatic ring is 1. The van der Waals surface area contributed by atoms with E-state index < -0.39 is 38.3 Å². The largest absolute Gasteiger partial charge is 0.396 e. The van der Waals surface area contributed by atoms with Crippen molar-refractivity contribution in [1.29, 1.82) is 0 Å². The highest BCUT2D eigenvalue weighted by Crippen LogP contribution is 2.20. The standard InChI is InChI=1S/C10H10F2N2O2S/c1-3-6(2)14-17(15,16)10-5-9(13)7(11)4-8(10)12/h1,4-6,14H,13H2,2H3. The number of terminal acetylenes is 1. The molecule has 0 saturated carbocycles. The molecule has 0 amide bonds. The quantitative estimate of drug-likeness (QED) is 0.625. The predicted molar refractivity (Wildman–Crippen MR) is 59.4 cm³/mol. The van der Waals surface area contributed by atoms with Crippen molar-refractivity contribution in [2.75, 3.05) is 5.73 Å². The predicted octanol–water partition coefficient (Wildman–Crippen LogP) is 0.847. The van der Waals surface area contributed by atoms with E-state index in [1.807, 2.05) is 4.72 Å². The molecule has 17 heavy (non-hydrogen) atoms. The van der Waals surface area contributed by atoms with Gasteiger partial charge in [-0.05, 0) is 13.0 Å². The van der Waals surface area contributed by atoms with Gasteiger partial charge in [-0.1, -0.05) is 5.92 Å². The van der Waals surface area contributed by atoms with Gasteiger partial charge in [-0.15, -0.1) is 6.42 Å². The van der Waals surface area contributed by atoms with Crippen LogP contribution in [-0.2, 0) is 10.0 Å². The summed E-state index contributed by atoms with van der Waals surface area (Å²) in [6.07, 6.45) is 4.99. The maximum absolute atomic E-state index is 13.3. The van der Waals surface area contributed by atoms with Crippen LogP contribution in [0.15, 0.2) is 17.0 Å². The molecule has 0 saturated heterocycles. The van der Waals surface area contributed by atoms with Gasteiger partial charge < -0.3 is 5.73 Å². The van der Waals surface area contributed by atoms with Crippen LogP contribution in [0.1, 0.15) is 6.92 Å². The molecule has 4 nitrogen and oxygen atoms in total. The van der Waals surface area contributed by atoms with Crippen LogP contribution in [0.2, 0.25) is 0 Å². The second kappa shape index (κ2) is 4.69.